The molecule has 0 saturated carbocycles. The molecule has 112 valence electrons. The van der Waals surface area contributed by atoms with E-state index in [9.17, 15) is 9.59 Å². The Labute approximate surface area is 127 Å². The van der Waals surface area contributed by atoms with E-state index in [1.807, 2.05) is 0 Å². The molecule has 0 spiro atoms. The highest BCUT2D eigenvalue weighted by Crippen LogP contribution is 2.23. The first kappa shape index (κ1) is 15.4. The van der Waals surface area contributed by atoms with Gasteiger partial charge >= 0.3 is 5.97 Å². The number of carbonyl (C=O) groups is 2. The number of para-hydroxylation sites is 1. The minimum Gasteiger partial charge on any atom is -0.491 e. The van der Waals surface area contributed by atoms with E-state index in [-0.39, 0.29) is 25.0 Å². The average molecular weight is 310 g/mol. The Morgan fingerprint density at radius 2 is 2.10 bits per heavy atom. The van der Waals surface area contributed by atoms with Crippen LogP contribution in [0.3, 0.4) is 0 Å². The van der Waals surface area contributed by atoms with Crippen molar-refractivity contribution in [2.45, 2.75) is 18.9 Å². The summed E-state index contributed by atoms with van der Waals surface area (Å²) in [6, 6.07) is 6.83. The number of hydrogen-bond donors (Lipinski definition) is 2. The minimum atomic E-state index is -0.870. The lowest BCUT2D eigenvalue weighted by molar-refractivity contribution is -0.140. The maximum absolute atomic E-state index is 11.7. The Morgan fingerprint density at radius 1 is 1.33 bits per heavy atom. The maximum Gasteiger partial charge on any atom is 0.310 e. The molecule has 6 heteroatoms. The molecule has 2 N–H and O–H groups in total. The summed E-state index contributed by atoms with van der Waals surface area (Å²) < 4.78 is 5.43. The average Bonchev–Trinajstić information content (AvgIpc) is 2.89. The van der Waals surface area contributed by atoms with E-state index >= 15 is 0 Å². The first-order valence-corrected chi connectivity index (χ1v) is 7.02. The number of amides is 1. The third-order valence-corrected chi connectivity index (χ3v) is 3.48. The normalized spacial score (nSPS) is 20.2. The summed E-state index contributed by atoms with van der Waals surface area (Å²) in [5.74, 6) is -1.03. The van der Waals surface area contributed by atoms with Crippen molar-refractivity contribution in [2.24, 2.45) is 5.92 Å². The first-order chi connectivity index (χ1) is 10.1. The summed E-state index contributed by atoms with van der Waals surface area (Å²) in [6.45, 7) is 0.217. The van der Waals surface area contributed by atoms with Gasteiger partial charge in [-0.1, -0.05) is 35.9 Å². The lowest BCUT2D eigenvalue weighted by atomic mass is 10.1. The van der Waals surface area contributed by atoms with Crippen molar-refractivity contribution in [1.29, 1.82) is 0 Å². The van der Waals surface area contributed by atoms with E-state index in [0.29, 0.717) is 17.2 Å². The van der Waals surface area contributed by atoms with Crippen LogP contribution >= 0.6 is 11.6 Å². The highest BCUT2D eigenvalue weighted by atomic mass is 35.5. The maximum atomic E-state index is 11.7. The molecule has 0 fully saturated rings. The SMILES string of the molecule is O=C(CCOc1ccccc1Cl)NC1C=CC(C(=O)O)C1. The number of rotatable bonds is 6. The highest BCUT2D eigenvalue weighted by molar-refractivity contribution is 6.32. The fraction of sp³-hybridized carbons (Fsp3) is 0.333. The third kappa shape index (κ3) is 4.49. The standard InChI is InChI=1S/C15H16ClNO4/c16-12-3-1-2-4-13(12)21-8-7-14(18)17-11-6-5-10(9-11)15(19)20/h1-6,10-11H,7-9H2,(H,17,18)(H,19,20). The lowest BCUT2D eigenvalue weighted by Crippen LogP contribution is -2.34. The van der Waals surface area contributed by atoms with Crippen LogP contribution in [0.25, 0.3) is 0 Å². The zero-order valence-electron chi connectivity index (χ0n) is 11.3. The second kappa shape index (κ2) is 7.13. The molecule has 21 heavy (non-hydrogen) atoms. The van der Waals surface area contributed by atoms with E-state index in [1.165, 1.54) is 0 Å². The lowest BCUT2D eigenvalue weighted by Gasteiger charge is -2.12. The Morgan fingerprint density at radius 3 is 2.76 bits per heavy atom. The molecule has 2 rings (SSSR count). The highest BCUT2D eigenvalue weighted by Gasteiger charge is 2.25. The number of aliphatic carboxylic acids is 1. The number of halogens is 1. The van der Waals surface area contributed by atoms with Gasteiger partial charge in [0.2, 0.25) is 5.91 Å². The zero-order chi connectivity index (χ0) is 15.2. The van der Waals surface area contributed by atoms with Crippen molar-refractivity contribution in [2.75, 3.05) is 6.61 Å². The van der Waals surface area contributed by atoms with Gasteiger partial charge < -0.3 is 15.2 Å². The molecule has 1 aliphatic rings. The van der Waals surface area contributed by atoms with Gasteiger partial charge in [0.15, 0.2) is 0 Å². The van der Waals surface area contributed by atoms with Crippen molar-refractivity contribution in [3.05, 3.63) is 41.4 Å². The number of benzene rings is 1. The Hall–Kier alpha value is -2.01. The van der Waals surface area contributed by atoms with E-state index in [2.05, 4.69) is 5.32 Å². The van der Waals surface area contributed by atoms with Gasteiger partial charge in [-0.05, 0) is 18.6 Å². The summed E-state index contributed by atoms with van der Waals surface area (Å²) >= 11 is 5.93. The fourth-order valence-corrected chi connectivity index (χ4v) is 2.27. The van der Waals surface area contributed by atoms with Crippen LogP contribution < -0.4 is 10.1 Å². The molecule has 0 aliphatic heterocycles. The molecule has 1 amide bonds. The molecule has 0 radical (unpaired) electrons. The summed E-state index contributed by atoms with van der Waals surface area (Å²) in [5, 5.41) is 12.1. The number of ether oxygens (including phenoxy) is 1. The van der Waals surface area contributed by atoms with Gasteiger partial charge in [-0.3, -0.25) is 9.59 Å². The molecular formula is C15H16ClNO4. The van der Waals surface area contributed by atoms with Crippen molar-refractivity contribution < 1.29 is 19.4 Å². The van der Waals surface area contributed by atoms with Gasteiger partial charge in [0.1, 0.15) is 5.75 Å². The van der Waals surface area contributed by atoms with Crippen LogP contribution in [0.2, 0.25) is 5.02 Å². The zero-order valence-corrected chi connectivity index (χ0v) is 12.0. The second-order valence-corrected chi connectivity index (χ2v) is 5.18. The van der Waals surface area contributed by atoms with E-state index in [4.69, 9.17) is 21.4 Å². The van der Waals surface area contributed by atoms with E-state index in [1.54, 1.807) is 36.4 Å². The van der Waals surface area contributed by atoms with Crippen LogP contribution in [0.5, 0.6) is 5.75 Å². The van der Waals surface area contributed by atoms with Crippen molar-refractivity contribution in [1.82, 2.24) is 5.32 Å². The molecule has 0 saturated heterocycles. The van der Waals surface area contributed by atoms with Crippen LogP contribution in [0.4, 0.5) is 0 Å². The number of hydrogen-bond acceptors (Lipinski definition) is 3. The summed E-state index contributed by atoms with van der Waals surface area (Å²) in [4.78, 5) is 22.5. The number of carboxylic acid groups (broad SMARTS) is 1. The van der Waals surface area contributed by atoms with Crippen LogP contribution in [0, 0.1) is 5.92 Å². The second-order valence-electron chi connectivity index (χ2n) is 4.77. The smallest absolute Gasteiger partial charge is 0.310 e. The van der Waals surface area contributed by atoms with Crippen LogP contribution in [-0.4, -0.2) is 29.6 Å². The summed E-state index contributed by atoms with van der Waals surface area (Å²) in [6.07, 6.45) is 3.90. The predicted octanol–water partition coefficient (Wildman–Crippen LogP) is 2.25. The van der Waals surface area contributed by atoms with Crippen LogP contribution in [0.1, 0.15) is 12.8 Å². The predicted molar refractivity (Wildman–Crippen MR) is 78.4 cm³/mol. The molecule has 0 heterocycles. The molecule has 0 bridgehead atoms. The number of nitrogens with one attached hydrogen (secondary N) is 1. The molecule has 1 aromatic carbocycles. The van der Waals surface area contributed by atoms with E-state index < -0.39 is 11.9 Å². The Kier molecular flexibility index (Phi) is 5.22. The monoisotopic (exact) mass is 309 g/mol. The van der Waals surface area contributed by atoms with Crippen molar-refractivity contribution >= 4 is 23.5 Å². The molecule has 2 atom stereocenters. The molecule has 5 nitrogen and oxygen atoms in total. The molecular weight excluding hydrogens is 294 g/mol. The van der Waals surface area contributed by atoms with Gasteiger partial charge in [-0.15, -0.1) is 0 Å². The fourth-order valence-electron chi connectivity index (χ4n) is 2.08. The quantitative estimate of drug-likeness (QED) is 0.790. The van der Waals surface area contributed by atoms with Crippen molar-refractivity contribution in [3.63, 3.8) is 0 Å². The third-order valence-electron chi connectivity index (χ3n) is 3.17. The van der Waals surface area contributed by atoms with Crippen LogP contribution in [0.15, 0.2) is 36.4 Å². The number of carbonyl (C=O) groups excluding carboxylic acids is 1. The van der Waals surface area contributed by atoms with Gasteiger partial charge in [-0.25, -0.2) is 0 Å². The molecule has 1 aromatic rings. The largest absolute Gasteiger partial charge is 0.491 e. The van der Waals surface area contributed by atoms with Crippen LogP contribution in [-0.2, 0) is 9.59 Å². The topological polar surface area (TPSA) is 75.6 Å². The minimum absolute atomic E-state index is 0.178. The number of carboxylic acids is 1. The Balaban J connectivity index is 1.70. The molecule has 1 aliphatic carbocycles. The Bertz CT molecular complexity index is 558. The molecule has 2 unspecified atom stereocenters. The van der Waals surface area contributed by atoms with Gasteiger partial charge in [0, 0.05) is 6.04 Å². The van der Waals surface area contributed by atoms with Gasteiger partial charge in [0.25, 0.3) is 0 Å². The first-order valence-electron chi connectivity index (χ1n) is 6.64. The van der Waals surface area contributed by atoms with Gasteiger partial charge in [-0.2, -0.15) is 0 Å². The molecule has 0 aromatic heterocycles. The van der Waals surface area contributed by atoms with Crippen molar-refractivity contribution in [3.8, 4) is 5.75 Å². The van der Waals surface area contributed by atoms with E-state index in [0.717, 1.165) is 0 Å². The summed E-state index contributed by atoms with van der Waals surface area (Å²) in [7, 11) is 0. The van der Waals surface area contributed by atoms with Gasteiger partial charge in [0.05, 0.1) is 24.0 Å². The summed E-state index contributed by atoms with van der Waals surface area (Å²) in [5.41, 5.74) is 0.